The molecular formula is C15H20ClN3O2. The van der Waals surface area contributed by atoms with Crippen molar-refractivity contribution in [3.63, 3.8) is 0 Å². The lowest BCUT2D eigenvalue weighted by Crippen LogP contribution is -2.57. The van der Waals surface area contributed by atoms with Gasteiger partial charge in [0.15, 0.2) is 0 Å². The molecule has 1 aromatic rings. The molecule has 1 atom stereocenters. The first-order valence-electron chi connectivity index (χ1n) is 7.34. The topological polar surface area (TPSA) is 44.8 Å². The second kappa shape index (κ2) is 6.64. The van der Waals surface area contributed by atoms with Crippen LogP contribution in [-0.2, 0) is 9.53 Å². The lowest BCUT2D eigenvalue weighted by molar-refractivity contribution is -0.136. The van der Waals surface area contributed by atoms with Gasteiger partial charge in [0.05, 0.1) is 13.2 Å². The number of carbonyl (C=O) groups excluding carboxylic acids is 1. The largest absolute Gasteiger partial charge is 0.378 e. The highest BCUT2D eigenvalue weighted by Gasteiger charge is 2.28. The highest BCUT2D eigenvalue weighted by Crippen LogP contribution is 2.21. The molecule has 2 saturated heterocycles. The van der Waals surface area contributed by atoms with Crippen LogP contribution in [0, 0.1) is 0 Å². The summed E-state index contributed by atoms with van der Waals surface area (Å²) >= 11 is 6.03. The Morgan fingerprint density at radius 3 is 2.76 bits per heavy atom. The van der Waals surface area contributed by atoms with E-state index in [1.165, 1.54) is 0 Å². The standard InChI is InChI=1S/C15H20ClN3O2/c16-12-2-1-3-13(10-12)18-5-7-19(8-6-18)15(20)14-11-21-9-4-17-14/h1-3,10,14,17H,4-9,11H2. The Kier molecular flexibility index (Phi) is 4.63. The minimum atomic E-state index is -0.184. The Bertz CT molecular complexity index is 497. The van der Waals surface area contributed by atoms with Gasteiger partial charge < -0.3 is 19.9 Å². The fourth-order valence-electron chi connectivity index (χ4n) is 2.80. The number of anilines is 1. The van der Waals surface area contributed by atoms with Gasteiger partial charge in [-0.25, -0.2) is 0 Å². The Labute approximate surface area is 129 Å². The highest BCUT2D eigenvalue weighted by molar-refractivity contribution is 6.30. The van der Waals surface area contributed by atoms with Gasteiger partial charge in [0.25, 0.3) is 0 Å². The molecule has 6 heteroatoms. The number of amides is 1. The maximum absolute atomic E-state index is 12.4. The highest BCUT2D eigenvalue weighted by atomic mass is 35.5. The molecule has 114 valence electrons. The van der Waals surface area contributed by atoms with Gasteiger partial charge in [0.2, 0.25) is 5.91 Å². The normalized spacial score (nSPS) is 23.2. The van der Waals surface area contributed by atoms with Crippen molar-refractivity contribution in [2.45, 2.75) is 6.04 Å². The fourth-order valence-corrected chi connectivity index (χ4v) is 2.99. The molecular weight excluding hydrogens is 290 g/mol. The van der Waals surface area contributed by atoms with Gasteiger partial charge in [-0.1, -0.05) is 17.7 Å². The molecule has 1 unspecified atom stereocenters. The predicted octanol–water partition coefficient (Wildman–Crippen LogP) is 0.977. The third-order valence-corrected chi connectivity index (χ3v) is 4.22. The van der Waals surface area contributed by atoms with Crippen LogP contribution in [0.5, 0.6) is 0 Å². The molecule has 2 aliphatic heterocycles. The van der Waals surface area contributed by atoms with Crippen molar-refractivity contribution in [1.29, 1.82) is 0 Å². The third kappa shape index (κ3) is 3.48. The lowest BCUT2D eigenvalue weighted by Gasteiger charge is -2.38. The van der Waals surface area contributed by atoms with E-state index in [1.54, 1.807) is 0 Å². The molecule has 21 heavy (non-hydrogen) atoms. The van der Waals surface area contributed by atoms with Crippen LogP contribution in [0.15, 0.2) is 24.3 Å². The molecule has 2 heterocycles. The first kappa shape index (κ1) is 14.6. The van der Waals surface area contributed by atoms with Gasteiger partial charge in [0.1, 0.15) is 6.04 Å². The van der Waals surface area contributed by atoms with E-state index in [0.29, 0.717) is 13.2 Å². The van der Waals surface area contributed by atoms with Crippen molar-refractivity contribution in [1.82, 2.24) is 10.2 Å². The molecule has 0 radical (unpaired) electrons. The molecule has 0 aliphatic carbocycles. The molecule has 2 aliphatic rings. The Balaban J connectivity index is 1.56. The van der Waals surface area contributed by atoms with Crippen molar-refractivity contribution >= 4 is 23.2 Å². The smallest absolute Gasteiger partial charge is 0.242 e. The third-order valence-electron chi connectivity index (χ3n) is 3.98. The van der Waals surface area contributed by atoms with E-state index in [-0.39, 0.29) is 11.9 Å². The summed E-state index contributed by atoms with van der Waals surface area (Å²) in [5, 5.41) is 3.96. The number of nitrogens with zero attached hydrogens (tertiary/aromatic N) is 2. The number of hydrogen-bond acceptors (Lipinski definition) is 4. The molecule has 3 rings (SSSR count). The van der Waals surface area contributed by atoms with Crippen LogP contribution in [0.2, 0.25) is 5.02 Å². The molecule has 1 aromatic carbocycles. The average molecular weight is 310 g/mol. The molecule has 0 aromatic heterocycles. The number of hydrogen-bond donors (Lipinski definition) is 1. The SMILES string of the molecule is O=C(C1COCCN1)N1CCN(c2cccc(Cl)c2)CC1. The molecule has 1 N–H and O–H groups in total. The monoisotopic (exact) mass is 309 g/mol. The number of piperazine rings is 1. The van der Waals surface area contributed by atoms with Crippen LogP contribution in [0.4, 0.5) is 5.69 Å². The molecule has 2 fully saturated rings. The number of ether oxygens (including phenoxy) is 1. The summed E-state index contributed by atoms with van der Waals surface area (Å²) < 4.78 is 5.36. The molecule has 1 amide bonds. The summed E-state index contributed by atoms with van der Waals surface area (Å²) in [5.74, 6) is 0.153. The summed E-state index contributed by atoms with van der Waals surface area (Å²) in [4.78, 5) is 16.6. The van der Waals surface area contributed by atoms with Crippen LogP contribution >= 0.6 is 11.6 Å². The summed E-state index contributed by atoms with van der Waals surface area (Å²) in [6.45, 7) is 5.06. The van der Waals surface area contributed by atoms with Gasteiger partial charge in [-0.15, -0.1) is 0 Å². The minimum absolute atomic E-state index is 0.153. The Morgan fingerprint density at radius 1 is 1.29 bits per heavy atom. The van der Waals surface area contributed by atoms with E-state index in [2.05, 4.69) is 16.3 Å². The first-order valence-corrected chi connectivity index (χ1v) is 7.72. The Hall–Kier alpha value is -1.30. The number of benzene rings is 1. The zero-order chi connectivity index (χ0) is 14.7. The summed E-state index contributed by atoms with van der Waals surface area (Å²) in [5.41, 5.74) is 1.12. The van der Waals surface area contributed by atoms with Gasteiger partial charge >= 0.3 is 0 Å². The number of halogens is 1. The van der Waals surface area contributed by atoms with E-state index in [4.69, 9.17) is 16.3 Å². The van der Waals surface area contributed by atoms with Gasteiger partial charge in [0, 0.05) is 43.4 Å². The van der Waals surface area contributed by atoms with E-state index < -0.39 is 0 Å². The molecule has 0 saturated carbocycles. The van der Waals surface area contributed by atoms with Gasteiger partial charge in [-0.05, 0) is 18.2 Å². The summed E-state index contributed by atoms with van der Waals surface area (Å²) in [6.07, 6.45) is 0. The van der Waals surface area contributed by atoms with Gasteiger partial charge in [-0.3, -0.25) is 4.79 Å². The Morgan fingerprint density at radius 2 is 2.10 bits per heavy atom. The van der Waals surface area contributed by atoms with Gasteiger partial charge in [-0.2, -0.15) is 0 Å². The fraction of sp³-hybridized carbons (Fsp3) is 0.533. The van der Waals surface area contributed by atoms with E-state index in [1.807, 2.05) is 23.1 Å². The second-order valence-electron chi connectivity index (χ2n) is 5.37. The van der Waals surface area contributed by atoms with Crippen molar-refractivity contribution in [3.8, 4) is 0 Å². The molecule has 0 bridgehead atoms. The van der Waals surface area contributed by atoms with Crippen molar-refractivity contribution in [2.75, 3.05) is 50.8 Å². The van der Waals surface area contributed by atoms with Crippen LogP contribution in [0.3, 0.4) is 0 Å². The molecule has 0 spiro atoms. The first-order chi connectivity index (χ1) is 10.2. The summed E-state index contributed by atoms with van der Waals surface area (Å²) in [6, 6.07) is 7.67. The predicted molar refractivity (Wildman–Crippen MR) is 82.9 cm³/mol. The zero-order valence-electron chi connectivity index (χ0n) is 11.9. The second-order valence-corrected chi connectivity index (χ2v) is 5.81. The number of carbonyl (C=O) groups is 1. The van der Waals surface area contributed by atoms with E-state index >= 15 is 0 Å². The number of nitrogens with one attached hydrogen (secondary N) is 1. The van der Waals surface area contributed by atoms with E-state index in [0.717, 1.165) is 43.4 Å². The maximum Gasteiger partial charge on any atom is 0.242 e. The summed E-state index contributed by atoms with van der Waals surface area (Å²) in [7, 11) is 0. The number of morpholine rings is 1. The number of rotatable bonds is 2. The van der Waals surface area contributed by atoms with Crippen LogP contribution in [0.1, 0.15) is 0 Å². The quantitative estimate of drug-likeness (QED) is 0.884. The van der Waals surface area contributed by atoms with Crippen LogP contribution < -0.4 is 10.2 Å². The average Bonchev–Trinajstić information content (AvgIpc) is 2.55. The maximum atomic E-state index is 12.4. The zero-order valence-corrected chi connectivity index (χ0v) is 12.7. The van der Waals surface area contributed by atoms with Crippen molar-refractivity contribution < 1.29 is 9.53 Å². The lowest BCUT2D eigenvalue weighted by atomic mass is 10.2. The van der Waals surface area contributed by atoms with Crippen LogP contribution in [-0.4, -0.2) is 62.8 Å². The molecule has 5 nitrogen and oxygen atoms in total. The minimum Gasteiger partial charge on any atom is -0.378 e. The van der Waals surface area contributed by atoms with E-state index in [9.17, 15) is 4.79 Å². The van der Waals surface area contributed by atoms with Crippen molar-refractivity contribution in [2.24, 2.45) is 0 Å². The van der Waals surface area contributed by atoms with Crippen molar-refractivity contribution in [3.05, 3.63) is 29.3 Å². The van der Waals surface area contributed by atoms with Crippen LogP contribution in [0.25, 0.3) is 0 Å².